The lowest BCUT2D eigenvalue weighted by Crippen LogP contribution is -2.15. The highest BCUT2D eigenvalue weighted by molar-refractivity contribution is 5.98. The molecular weight excluding hydrogens is 283 g/mol. The number of hydrogen-bond donors (Lipinski definition) is 2. The van der Waals surface area contributed by atoms with Crippen molar-refractivity contribution in [1.29, 1.82) is 5.41 Å². The molecule has 0 aliphatic heterocycles. The van der Waals surface area contributed by atoms with Gasteiger partial charge in [0.05, 0.1) is 11.1 Å². The predicted molar refractivity (Wildman–Crippen MR) is 71.5 cm³/mol. The summed E-state index contributed by atoms with van der Waals surface area (Å²) in [5.41, 5.74) is 5.54. The van der Waals surface area contributed by atoms with Gasteiger partial charge in [0.25, 0.3) is 0 Å². The van der Waals surface area contributed by atoms with Gasteiger partial charge in [-0.2, -0.15) is 13.2 Å². The second-order valence-corrected chi connectivity index (χ2v) is 4.35. The number of aromatic nitrogens is 1. The summed E-state index contributed by atoms with van der Waals surface area (Å²) in [6.45, 7) is 1.71. The summed E-state index contributed by atoms with van der Waals surface area (Å²) in [6.07, 6.45) is -3.02. The van der Waals surface area contributed by atoms with E-state index in [1.165, 1.54) is 18.3 Å². The molecule has 7 heteroatoms. The van der Waals surface area contributed by atoms with Crippen LogP contribution < -0.4 is 10.5 Å². The lowest BCUT2D eigenvalue weighted by atomic mass is 10.1. The molecule has 2 aromatic rings. The van der Waals surface area contributed by atoms with E-state index in [-0.39, 0.29) is 23.0 Å². The van der Waals surface area contributed by atoms with Crippen molar-refractivity contribution < 1.29 is 17.9 Å². The zero-order chi connectivity index (χ0) is 15.6. The summed E-state index contributed by atoms with van der Waals surface area (Å²) < 4.78 is 43.3. The molecule has 0 aliphatic rings. The van der Waals surface area contributed by atoms with Crippen LogP contribution in [0, 0.1) is 12.3 Å². The lowest BCUT2D eigenvalue weighted by Gasteiger charge is -2.12. The van der Waals surface area contributed by atoms with Crippen molar-refractivity contribution in [2.75, 3.05) is 0 Å². The van der Waals surface area contributed by atoms with Crippen LogP contribution in [0.1, 0.15) is 16.7 Å². The molecule has 0 atom stereocenters. The Balaban J connectivity index is 2.40. The van der Waals surface area contributed by atoms with Crippen LogP contribution in [0.2, 0.25) is 0 Å². The monoisotopic (exact) mass is 295 g/mol. The standard InChI is InChI=1S/C14H12F3N3O/c1-8-5-6-20-13(11(8)12(18)19)21-10-4-2-3-9(7-10)14(15,16)17/h2-7H,1H3,(H3,18,19). The SMILES string of the molecule is Cc1ccnc(Oc2cccc(C(F)(F)F)c2)c1C(=N)N. The van der Waals surface area contributed by atoms with E-state index in [2.05, 4.69) is 4.98 Å². The van der Waals surface area contributed by atoms with Gasteiger partial charge in [-0.15, -0.1) is 0 Å². The van der Waals surface area contributed by atoms with E-state index in [9.17, 15) is 13.2 Å². The molecule has 0 saturated heterocycles. The number of pyridine rings is 1. The molecular formula is C14H12F3N3O. The summed E-state index contributed by atoms with van der Waals surface area (Å²) in [5.74, 6) is -0.283. The Kier molecular flexibility index (Phi) is 3.84. The predicted octanol–water partition coefficient (Wildman–Crippen LogP) is 3.49. The number of nitrogens with two attached hydrogens (primary N) is 1. The lowest BCUT2D eigenvalue weighted by molar-refractivity contribution is -0.137. The third-order valence-electron chi connectivity index (χ3n) is 2.77. The number of nitrogens with zero attached hydrogens (tertiary/aromatic N) is 1. The first-order valence-corrected chi connectivity index (χ1v) is 5.94. The van der Waals surface area contributed by atoms with Crippen molar-refractivity contribution in [3.05, 3.63) is 53.2 Å². The zero-order valence-electron chi connectivity index (χ0n) is 11.0. The molecule has 0 amide bonds. The van der Waals surface area contributed by atoms with Crippen molar-refractivity contribution >= 4 is 5.84 Å². The van der Waals surface area contributed by atoms with Crippen LogP contribution >= 0.6 is 0 Å². The van der Waals surface area contributed by atoms with Crippen LogP contribution in [0.3, 0.4) is 0 Å². The quantitative estimate of drug-likeness (QED) is 0.672. The number of nitrogen functional groups attached to an aromatic ring is 1. The Bertz CT molecular complexity index is 683. The molecule has 0 unspecified atom stereocenters. The van der Waals surface area contributed by atoms with Gasteiger partial charge in [0.15, 0.2) is 0 Å². The van der Waals surface area contributed by atoms with Crippen LogP contribution in [0.15, 0.2) is 36.5 Å². The fourth-order valence-corrected chi connectivity index (χ4v) is 1.79. The number of nitrogens with one attached hydrogen (secondary N) is 1. The Labute approximate surface area is 118 Å². The second kappa shape index (κ2) is 5.43. The van der Waals surface area contributed by atoms with Crippen LogP contribution in [0.4, 0.5) is 13.2 Å². The highest BCUT2D eigenvalue weighted by Gasteiger charge is 2.30. The Morgan fingerprint density at radius 2 is 2.00 bits per heavy atom. The van der Waals surface area contributed by atoms with Crippen LogP contribution in [0.5, 0.6) is 11.6 Å². The molecule has 0 radical (unpaired) electrons. The summed E-state index contributed by atoms with van der Waals surface area (Å²) in [4.78, 5) is 3.92. The normalized spacial score (nSPS) is 11.2. The van der Waals surface area contributed by atoms with Gasteiger partial charge in [-0.05, 0) is 36.8 Å². The number of alkyl halides is 3. The van der Waals surface area contributed by atoms with Gasteiger partial charge < -0.3 is 10.5 Å². The van der Waals surface area contributed by atoms with Crippen molar-refractivity contribution in [3.63, 3.8) is 0 Å². The van der Waals surface area contributed by atoms with Gasteiger partial charge >= 0.3 is 6.18 Å². The van der Waals surface area contributed by atoms with E-state index >= 15 is 0 Å². The average Bonchev–Trinajstić information content (AvgIpc) is 2.37. The maximum atomic E-state index is 12.7. The van der Waals surface area contributed by atoms with Gasteiger partial charge in [0, 0.05) is 6.20 Å². The van der Waals surface area contributed by atoms with E-state index in [4.69, 9.17) is 15.9 Å². The van der Waals surface area contributed by atoms with Crippen LogP contribution in [-0.2, 0) is 6.18 Å². The Hall–Kier alpha value is -2.57. The minimum Gasteiger partial charge on any atom is -0.438 e. The molecule has 110 valence electrons. The minimum absolute atomic E-state index is 0.00169. The molecule has 1 heterocycles. The largest absolute Gasteiger partial charge is 0.438 e. The van der Waals surface area contributed by atoms with Gasteiger partial charge in [-0.1, -0.05) is 6.07 Å². The van der Waals surface area contributed by atoms with Crippen molar-refractivity contribution in [2.24, 2.45) is 5.73 Å². The smallest absolute Gasteiger partial charge is 0.416 e. The van der Waals surface area contributed by atoms with Crippen molar-refractivity contribution in [3.8, 4) is 11.6 Å². The third kappa shape index (κ3) is 3.31. The maximum absolute atomic E-state index is 12.7. The summed E-state index contributed by atoms with van der Waals surface area (Å²) >= 11 is 0. The zero-order valence-corrected chi connectivity index (χ0v) is 11.0. The Morgan fingerprint density at radius 3 is 2.62 bits per heavy atom. The molecule has 0 spiro atoms. The van der Waals surface area contributed by atoms with E-state index < -0.39 is 11.7 Å². The highest BCUT2D eigenvalue weighted by Crippen LogP contribution is 2.33. The van der Waals surface area contributed by atoms with Crippen LogP contribution in [0.25, 0.3) is 0 Å². The molecule has 1 aromatic heterocycles. The fourth-order valence-electron chi connectivity index (χ4n) is 1.79. The minimum atomic E-state index is -4.46. The average molecular weight is 295 g/mol. The summed E-state index contributed by atoms with van der Waals surface area (Å²) in [6, 6.07) is 6.07. The molecule has 0 aliphatic carbocycles. The third-order valence-corrected chi connectivity index (χ3v) is 2.77. The number of amidine groups is 1. The highest BCUT2D eigenvalue weighted by atomic mass is 19.4. The van der Waals surface area contributed by atoms with Gasteiger partial charge in [-0.3, -0.25) is 5.41 Å². The van der Waals surface area contributed by atoms with Gasteiger partial charge in [-0.25, -0.2) is 4.98 Å². The maximum Gasteiger partial charge on any atom is 0.416 e. The fraction of sp³-hybridized carbons (Fsp3) is 0.143. The second-order valence-electron chi connectivity index (χ2n) is 4.35. The first-order valence-electron chi connectivity index (χ1n) is 5.94. The van der Waals surface area contributed by atoms with Gasteiger partial charge in [0.1, 0.15) is 11.6 Å². The number of ether oxygens (including phenoxy) is 1. The number of benzene rings is 1. The topological polar surface area (TPSA) is 72.0 Å². The molecule has 0 bridgehead atoms. The van der Waals surface area contributed by atoms with E-state index in [0.29, 0.717) is 5.56 Å². The Morgan fingerprint density at radius 1 is 1.29 bits per heavy atom. The summed E-state index contributed by atoms with van der Waals surface area (Å²) in [5, 5.41) is 7.50. The molecule has 0 saturated carbocycles. The number of aryl methyl sites for hydroxylation is 1. The summed E-state index contributed by atoms with van der Waals surface area (Å²) in [7, 11) is 0. The number of halogens is 3. The van der Waals surface area contributed by atoms with E-state index in [1.54, 1.807) is 13.0 Å². The van der Waals surface area contributed by atoms with E-state index in [0.717, 1.165) is 12.1 Å². The van der Waals surface area contributed by atoms with E-state index in [1.807, 2.05) is 0 Å². The molecule has 0 fully saturated rings. The van der Waals surface area contributed by atoms with Crippen LogP contribution in [-0.4, -0.2) is 10.8 Å². The number of hydrogen-bond acceptors (Lipinski definition) is 3. The van der Waals surface area contributed by atoms with Crippen molar-refractivity contribution in [2.45, 2.75) is 13.1 Å². The first kappa shape index (κ1) is 14.8. The first-order chi connectivity index (χ1) is 9.79. The molecule has 1 aromatic carbocycles. The molecule has 21 heavy (non-hydrogen) atoms. The number of rotatable bonds is 3. The van der Waals surface area contributed by atoms with Gasteiger partial charge in [0.2, 0.25) is 5.88 Å². The molecule has 3 N–H and O–H groups in total. The molecule has 4 nitrogen and oxygen atoms in total. The van der Waals surface area contributed by atoms with Crippen molar-refractivity contribution in [1.82, 2.24) is 4.98 Å². The molecule has 2 rings (SSSR count).